The van der Waals surface area contributed by atoms with Crippen molar-refractivity contribution in [1.29, 1.82) is 5.26 Å². The molecule has 14 heavy (non-hydrogen) atoms. The third-order valence-electron chi connectivity index (χ3n) is 2.24. The molecule has 5 nitrogen and oxygen atoms in total. The number of hydrogen-bond acceptors (Lipinski definition) is 4. The molecular weight excluding hydrogens is 180 g/mol. The Balaban J connectivity index is 2.11. The smallest absolute Gasteiger partial charge is 0.234 e. The van der Waals surface area contributed by atoms with E-state index in [1.54, 1.807) is 0 Å². The van der Waals surface area contributed by atoms with Crippen molar-refractivity contribution in [2.24, 2.45) is 5.73 Å². The number of amides is 1. The Morgan fingerprint density at radius 2 is 2.50 bits per heavy atom. The summed E-state index contributed by atoms with van der Waals surface area (Å²) in [5, 5.41) is 11.0. The fourth-order valence-electron chi connectivity index (χ4n) is 1.52. The third kappa shape index (κ3) is 3.73. The summed E-state index contributed by atoms with van der Waals surface area (Å²) in [6.07, 6.45) is 1.33. The fourth-order valence-corrected chi connectivity index (χ4v) is 1.52. The van der Waals surface area contributed by atoms with Gasteiger partial charge in [-0.05, 0) is 6.42 Å². The normalized spacial score (nSPS) is 21.9. The van der Waals surface area contributed by atoms with Crippen LogP contribution in [0.5, 0.6) is 0 Å². The molecule has 5 heteroatoms. The van der Waals surface area contributed by atoms with Gasteiger partial charge in [-0.15, -0.1) is 0 Å². The number of carbonyl (C=O) groups excluding carboxylic acids is 1. The van der Waals surface area contributed by atoms with Gasteiger partial charge in [0.05, 0.1) is 19.0 Å². The Kier molecular flexibility index (Phi) is 4.36. The Morgan fingerprint density at radius 3 is 3.07 bits per heavy atom. The highest BCUT2D eigenvalue weighted by molar-refractivity contribution is 5.78. The van der Waals surface area contributed by atoms with Crippen molar-refractivity contribution < 1.29 is 4.79 Å². The zero-order valence-electron chi connectivity index (χ0n) is 8.20. The molecule has 0 aromatic heterocycles. The van der Waals surface area contributed by atoms with E-state index in [9.17, 15) is 4.79 Å². The van der Waals surface area contributed by atoms with E-state index >= 15 is 0 Å². The van der Waals surface area contributed by atoms with Gasteiger partial charge < -0.3 is 11.1 Å². The van der Waals surface area contributed by atoms with Crippen LogP contribution in [0.1, 0.15) is 12.8 Å². The van der Waals surface area contributed by atoms with E-state index in [1.807, 2.05) is 11.0 Å². The van der Waals surface area contributed by atoms with Gasteiger partial charge in [0, 0.05) is 25.7 Å². The van der Waals surface area contributed by atoms with E-state index in [2.05, 4.69) is 5.32 Å². The van der Waals surface area contributed by atoms with E-state index in [-0.39, 0.29) is 11.9 Å². The molecule has 0 aliphatic carbocycles. The minimum absolute atomic E-state index is 0.0191. The Hall–Kier alpha value is -1.12. The minimum atomic E-state index is -0.0191. The average molecular weight is 196 g/mol. The molecule has 1 aliphatic rings. The first-order chi connectivity index (χ1) is 6.72. The van der Waals surface area contributed by atoms with Crippen LogP contribution in [-0.2, 0) is 4.79 Å². The molecule has 0 saturated carbocycles. The van der Waals surface area contributed by atoms with Crippen LogP contribution in [0, 0.1) is 11.3 Å². The maximum atomic E-state index is 11.3. The topological polar surface area (TPSA) is 82.2 Å². The summed E-state index contributed by atoms with van der Waals surface area (Å²) >= 11 is 0. The number of nitrogens with two attached hydrogens (primary N) is 1. The minimum Gasteiger partial charge on any atom is -0.354 e. The van der Waals surface area contributed by atoms with Crippen LogP contribution in [0.3, 0.4) is 0 Å². The van der Waals surface area contributed by atoms with E-state index in [1.165, 1.54) is 0 Å². The van der Waals surface area contributed by atoms with Crippen molar-refractivity contribution in [3.05, 3.63) is 0 Å². The molecular formula is C9H16N4O. The van der Waals surface area contributed by atoms with E-state index in [0.717, 1.165) is 19.5 Å². The molecule has 0 radical (unpaired) electrons. The molecule has 0 aromatic carbocycles. The lowest BCUT2D eigenvalue weighted by Crippen LogP contribution is -2.37. The second kappa shape index (κ2) is 5.58. The van der Waals surface area contributed by atoms with Crippen LogP contribution in [0.15, 0.2) is 0 Å². The number of hydrogen-bond donors (Lipinski definition) is 2. The summed E-state index contributed by atoms with van der Waals surface area (Å²) in [7, 11) is 0. The molecule has 1 fully saturated rings. The van der Waals surface area contributed by atoms with Crippen LogP contribution in [0.2, 0.25) is 0 Å². The standard InChI is InChI=1S/C9H16N4O/c10-3-1-4-12-9(14)7-13-5-2-8(11)6-13/h8H,1-2,4-7,11H2,(H,12,14). The molecule has 0 bridgehead atoms. The van der Waals surface area contributed by atoms with Crippen LogP contribution in [0.4, 0.5) is 0 Å². The maximum absolute atomic E-state index is 11.3. The predicted molar refractivity (Wildman–Crippen MR) is 52.3 cm³/mol. The summed E-state index contributed by atoms with van der Waals surface area (Å²) in [5.74, 6) is -0.0191. The molecule has 3 N–H and O–H groups in total. The third-order valence-corrected chi connectivity index (χ3v) is 2.24. The number of rotatable bonds is 4. The zero-order chi connectivity index (χ0) is 10.4. The van der Waals surface area contributed by atoms with Gasteiger partial charge in [-0.1, -0.05) is 0 Å². The molecule has 1 aliphatic heterocycles. The van der Waals surface area contributed by atoms with Gasteiger partial charge in [0.25, 0.3) is 0 Å². The van der Waals surface area contributed by atoms with Gasteiger partial charge in [-0.25, -0.2) is 0 Å². The van der Waals surface area contributed by atoms with Gasteiger partial charge in [0.15, 0.2) is 0 Å². The van der Waals surface area contributed by atoms with Gasteiger partial charge in [-0.2, -0.15) is 5.26 Å². The van der Waals surface area contributed by atoms with Crippen molar-refractivity contribution in [2.75, 3.05) is 26.2 Å². The Bertz CT molecular complexity index is 235. The molecule has 0 spiro atoms. The second-order valence-corrected chi connectivity index (χ2v) is 3.54. The summed E-state index contributed by atoms with van der Waals surface area (Å²) in [4.78, 5) is 13.3. The predicted octanol–water partition coefficient (Wildman–Crippen LogP) is -0.951. The van der Waals surface area contributed by atoms with E-state index < -0.39 is 0 Å². The number of nitrogens with zero attached hydrogens (tertiary/aromatic N) is 2. The van der Waals surface area contributed by atoms with Gasteiger partial charge in [-0.3, -0.25) is 9.69 Å². The average Bonchev–Trinajstić information content (AvgIpc) is 2.52. The van der Waals surface area contributed by atoms with Crippen molar-refractivity contribution in [3.8, 4) is 6.07 Å². The molecule has 1 amide bonds. The summed E-state index contributed by atoms with van der Waals surface area (Å²) < 4.78 is 0. The lowest BCUT2D eigenvalue weighted by atomic mass is 10.3. The Labute approximate surface area is 83.9 Å². The summed E-state index contributed by atoms with van der Waals surface area (Å²) in [6, 6.07) is 2.19. The zero-order valence-corrected chi connectivity index (χ0v) is 8.20. The molecule has 78 valence electrons. The highest BCUT2D eigenvalue weighted by Gasteiger charge is 2.20. The van der Waals surface area contributed by atoms with Crippen molar-refractivity contribution in [1.82, 2.24) is 10.2 Å². The number of nitrogens with one attached hydrogen (secondary N) is 1. The monoisotopic (exact) mass is 196 g/mol. The first-order valence-electron chi connectivity index (χ1n) is 4.84. The molecule has 1 unspecified atom stereocenters. The first-order valence-corrected chi connectivity index (χ1v) is 4.84. The Morgan fingerprint density at radius 1 is 1.71 bits per heavy atom. The lowest BCUT2D eigenvalue weighted by Gasteiger charge is -2.13. The molecule has 1 heterocycles. The first kappa shape index (κ1) is 11.0. The molecule has 1 saturated heterocycles. The van der Waals surface area contributed by atoms with Gasteiger partial charge >= 0.3 is 0 Å². The van der Waals surface area contributed by atoms with Crippen LogP contribution in [-0.4, -0.2) is 43.0 Å². The van der Waals surface area contributed by atoms with Gasteiger partial charge in [0.2, 0.25) is 5.91 Å². The molecule has 1 atom stereocenters. The van der Waals surface area contributed by atoms with Crippen molar-refractivity contribution in [3.63, 3.8) is 0 Å². The van der Waals surface area contributed by atoms with Crippen molar-refractivity contribution >= 4 is 5.91 Å². The lowest BCUT2D eigenvalue weighted by molar-refractivity contribution is -0.121. The van der Waals surface area contributed by atoms with Crippen LogP contribution < -0.4 is 11.1 Å². The summed E-state index contributed by atoms with van der Waals surface area (Å²) in [5.41, 5.74) is 5.71. The molecule has 1 rings (SSSR count). The number of nitriles is 1. The maximum Gasteiger partial charge on any atom is 0.234 e. The quantitative estimate of drug-likeness (QED) is 0.568. The molecule has 0 aromatic rings. The SMILES string of the molecule is N#CCCNC(=O)CN1CCC(N)C1. The highest BCUT2D eigenvalue weighted by Crippen LogP contribution is 2.05. The number of likely N-dealkylation sites (tertiary alicyclic amines) is 1. The van der Waals surface area contributed by atoms with E-state index in [4.69, 9.17) is 11.0 Å². The van der Waals surface area contributed by atoms with Crippen molar-refractivity contribution in [2.45, 2.75) is 18.9 Å². The van der Waals surface area contributed by atoms with Crippen LogP contribution in [0.25, 0.3) is 0 Å². The van der Waals surface area contributed by atoms with E-state index in [0.29, 0.717) is 19.5 Å². The van der Waals surface area contributed by atoms with Gasteiger partial charge in [0.1, 0.15) is 0 Å². The fraction of sp³-hybridized carbons (Fsp3) is 0.778. The highest BCUT2D eigenvalue weighted by atomic mass is 16.2. The van der Waals surface area contributed by atoms with Crippen LogP contribution >= 0.6 is 0 Å². The second-order valence-electron chi connectivity index (χ2n) is 3.54. The summed E-state index contributed by atoms with van der Waals surface area (Å²) in [6.45, 7) is 2.53. The largest absolute Gasteiger partial charge is 0.354 e. The number of carbonyl (C=O) groups is 1.